The number of amidine groups is 1. The first-order chi connectivity index (χ1) is 18.0. The lowest BCUT2D eigenvalue weighted by molar-refractivity contribution is -0.117. The van der Waals surface area contributed by atoms with Crippen LogP contribution in [0.2, 0.25) is 0 Å². The molecule has 0 spiro atoms. The van der Waals surface area contributed by atoms with Gasteiger partial charge in [0, 0.05) is 51.0 Å². The number of piperazine rings is 1. The fourth-order valence-electron chi connectivity index (χ4n) is 4.16. The van der Waals surface area contributed by atoms with Crippen molar-refractivity contribution in [2.24, 2.45) is 5.73 Å². The van der Waals surface area contributed by atoms with Gasteiger partial charge < -0.3 is 15.4 Å². The Morgan fingerprint density at radius 1 is 0.946 bits per heavy atom. The Balaban J connectivity index is 1.22. The highest BCUT2D eigenvalue weighted by Gasteiger charge is 2.20. The minimum absolute atomic E-state index is 0.0129. The highest BCUT2D eigenvalue weighted by Crippen LogP contribution is 2.15. The van der Waals surface area contributed by atoms with Crippen LogP contribution in [0, 0.1) is 5.41 Å². The summed E-state index contributed by atoms with van der Waals surface area (Å²) in [5, 5.41) is 7.23. The van der Waals surface area contributed by atoms with Crippen molar-refractivity contribution in [1.82, 2.24) is 14.9 Å². The van der Waals surface area contributed by atoms with E-state index < -0.39 is 0 Å². The van der Waals surface area contributed by atoms with Crippen molar-refractivity contribution in [1.29, 1.82) is 5.41 Å². The predicted octanol–water partition coefficient (Wildman–Crippen LogP) is 2.98. The largest absolute Gasteiger partial charge is 0.457 e. The van der Waals surface area contributed by atoms with E-state index in [9.17, 15) is 9.59 Å². The van der Waals surface area contributed by atoms with Crippen molar-refractivity contribution in [3.63, 3.8) is 0 Å². The summed E-state index contributed by atoms with van der Waals surface area (Å²) in [4.78, 5) is 37.8. The third-order valence-electron chi connectivity index (χ3n) is 6.21. The molecule has 0 saturated carbocycles. The summed E-state index contributed by atoms with van der Waals surface area (Å²) in [5.74, 6) is 0.186. The van der Waals surface area contributed by atoms with E-state index in [1.165, 1.54) is 0 Å². The monoisotopic (exact) mass is 500 g/mol. The fourth-order valence-corrected chi connectivity index (χ4v) is 4.16. The topological polar surface area (TPSA) is 126 Å². The number of carbonyl (C=O) groups is 2. The van der Waals surface area contributed by atoms with E-state index in [0.29, 0.717) is 24.4 Å². The van der Waals surface area contributed by atoms with Crippen molar-refractivity contribution < 1.29 is 14.3 Å². The van der Waals surface area contributed by atoms with Crippen molar-refractivity contribution in [3.05, 3.63) is 89.2 Å². The summed E-state index contributed by atoms with van der Waals surface area (Å²) in [7, 11) is 0. The summed E-state index contributed by atoms with van der Waals surface area (Å²) < 4.78 is 5.41. The van der Waals surface area contributed by atoms with Gasteiger partial charge in [-0.2, -0.15) is 0 Å². The number of esters is 1. The molecule has 9 heteroatoms. The lowest BCUT2D eigenvalue weighted by atomic mass is 10.1. The van der Waals surface area contributed by atoms with E-state index in [4.69, 9.17) is 15.9 Å². The first kappa shape index (κ1) is 26.0. The highest BCUT2D eigenvalue weighted by atomic mass is 16.5. The summed E-state index contributed by atoms with van der Waals surface area (Å²) >= 11 is 0. The normalized spacial score (nSPS) is 13.8. The van der Waals surface area contributed by atoms with Gasteiger partial charge in [-0.1, -0.05) is 42.5 Å². The van der Waals surface area contributed by atoms with Crippen LogP contribution in [0.1, 0.15) is 40.0 Å². The number of aryl methyl sites for hydroxylation is 1. The summed E-state index contributed by atoms with van der Waals surface area (Å²) in [5.41, 5.74) is 8.76. The van der Waals surface area contributed by atoms with Gasteiger partial charge in [-0.3, -0.25) is 15.1 Å². The average Bonchev–Trinajstić information content (AvgIpc) is 2.92. The molecule has 3 aromatic rings. The molecular weight excluding hydrogens is 468 g/mol. The van der Waals surface area contributed by atoms with Crippen LogP contribution in [0.4, 0.5) is 5.95 Å². The molecule has 9 nitrogen and oxygen atoms in total. The standard InChI is InChI=1S/C28H32N6O3/c29-26(30)18-25(35)11-10-24-12-13-31-28(32-24)34-16-14-33(15-17-34)19-21-6-8-23(9-7-21)27(36)37-20-22-4-2-1-3-5-22/h1-9,12-13H,10-11,14-20H2,(H3,29,30). The molecule has 1 aliphatic rings. The number of benzene rings is 2. The average molecular weight is 501 g/mol. The number of ketones is 1. The minimum Gasteiger partial charge on any atom is -0.457 e. The van der Waals surface area contributed by atoms with Crippen LogP contribution in [0.5, 0.6) is 0 Å². The van der Waals surface area contributed by atoms with Gasteiger partial charge in [0.1, 0.15) is 12.4 Å². The molecule has 0 radical (unpaired) electrons. The van der Waals surface area contributed by atoms with E-state index >= 15 is 0 Å². The zero-order chi connectivity index (χ0) is 26.0. The number of anilines is 1. The van der Waals surface area contributed by atoms with Crippen LogP contribution in [0.25, 0.3) is 0 Å². The number of carbonyl (C=O) groups excluding carboxylic acids is 2. The van der Waals surface area contributed by atoms with Gasteiger partial charge in [-0.05, 0) is 35.7 Å². The van der Waals surface area contributed by atoms with E-state index in [-0.39, 0.29) is 30.6 Å². The van der Waals surface area contributed by atoms with E-state index in [2.05, 4.69) is 19.8 Å². The second kappa shape index (κ2) is 12.7. The Labute approximate surface area is 216 Å². The molecule has 0 amide bonds. The number of Topliss-reactive ketones (excluding diaryl/α,β-unsaturated/α-hetero) is 1. The van der Waals surface area contributed by atoms with Crippen LogP contribution in [0.15, 0.2) is 66.9 Å². The maximum Gasteiger partial charge on any atom is 0.338 e. The van der Waals surface area contributed by atoms with Crippen molar-refractivity contribution in [2.75, 3.05) is 31.1 Å². The molecule has 0 atom stereocenters. The lowest BCUT2D eigenvalue weighted by Crippen LogP contribution is -2.46. The fraction of sp³-hybridized carbons (Fsp3) is 0.321. The number of nitrogens with one attached hydrogen (secondary N) is 1. The third-order valence-corrected chi connectivity index (χ3v) is 6.21. The molecule has 2 heterocycles. The Morgan fingerprint density at radius 2 is 1.68 bits per heavy atom. The summed E-state index contributed by atoms with van der Waals surface area (Å²) in [6.07, 6.45) is 2.54. The summed E-state index contributed by atoms with van der Waals surface area (Å²) in [6.45, 7) is 4.40. The molecule has 1 aromatic heterocycles. The van der Waals surface area contributed by atoms with E-state index in [1.54, 1.807) is 6.20 Å². The number of ether oxygens (including phenoxy) is 1. The molecule has 4 rings (SSSR count). The SMILES string of the molecule is N=C(N)CC(=O)CCc1ccnc(N2CCN(Cc3ccc(C(=O)OCc4ccccc4)cc3)CC2)n1. The van der Waals surface area contributed by atoms with Crippen LogP contribution in [-0.4, -0.2) is 58.6 Å². The van der Waals surface area contributed by atoms with Crippen LogP contribution in [-0.2, 0) is 29.1 Å². The predicted molar refractivity (Wildman–Crippen MR) is 141 cm³/mol. The Hall–Kier alpha value is -4.11. The first-order valence-corrected chi connectivity index (χ1v) is 12.4. The van der Waals surface area contributed by atoms with Crippen LogP contribution >= 0.6 is 0 Å². The number of hydrogen-bond acceptors (Lipinski definition) is 8. The maximum absolute atomic E-state index is 12.4. The molecule has 3 N–H and O–H groups in total. The summed E-state index contributed by atoms with van der Waals surface area (Å²) in [6, 6.07) is 19.1. The molecule has 1 fully saturated rings. The van der Waals surface area contributed by atoms with Gasteiger partial charge in [-0.25, -0.2) is 14.8 Å². The zero-order valence-electron chi connectivity index (χ0n) is 20.8. The number of rotatable bonds is 11. The molecule has 37 heavy (non-hydrogen) atoms. The quantitative estimate of drug-likeness (QED) is 0.234. The molecule has 0 bridgehead atoms. The maximum atomic E-state index is 12.4. The van der Waals surface area contributed by atoms with Crippen molar-refractivity contribution >= 4 is 23.5 Å². The molecule has 1 saturated heterocycles. The van der Waals surface area contributed by atoms with Crippen LogP contribution in [0.3, 0.4) is 0 Å². The van der Waals surface area contributed by atoms with Gasteiger partial charge in [0.25, 0.3) is 0 Å². The number of hydrogen-bond donors (Lipinski definition) is 2. The Bertz CT molecular complexity index is 1210. The first-order valence-electron chi connectivity index (χ1n) is 12.4. The molecule has 1 aliphatic heterocycles. The second-order valence-corrected chi connectivity index (χ2v) is 9.11. The van der Waals surface area contributed by atoms with Gasteiger partial charge in [0.05, 0.1) is 17.8 Å². The highest BCUT2D eigenvalue weighted by molar-refractivity contribution is 5.98. The Kier molecular flexibility index (Phi) is 8.93. The van der Waals surface area contributed by atoms with Crippen LogP contribution < -0.4 is 10.6 Å². The van der Waals surface area contributed by atoms with Gasteiger partial charge in [0.15, 0.2) is 0 Å². The number of nitrogens with zero attached hydrogens (tertiary/aromatic N) is 4. The molecule has 0 unspecified atom stereocenters. The number of aromatic nitrogens is 2. The third kappa shape index (κ3) is 7.94. The zero-order valence-corrected chi connectivity index (χ0v) is 20.8. The van der Waals surface area contributed by atoms with Crippen molar-refractivity contribution in [3.8, 4) is 0 Å². The van der Waals surface area contributed by atoms with Gasteiger partial charge in [0.2, 0.25) is 5.95 Å². The second-order valence-electron chi connectivity index (χ2n) is 9.11. The smallest absolute Gasteiger partial charge is 0.338 e. The van der Waals surface area contributed by atoms with E-state index in [1.807, 2.05) is 60.7 Å². The lowest BCUT2D eigenvalue weighted by Gasteiger charge is -2.34. The Morgan fingerprint density at radius 3 is 2.38 bits per heavy atom. The van der Waals surface area contributed by atoms with E-state index in [0.717, 1.165) is 49.5 Å². The number of nitrogens with two attached hydrogens (primary N) is 1. The van der Waals surface area contributed by atoms with Crippen molar-refractivity contribution in [2.45, 2.75) is 32.4 Å². The molecule has 192 valence electrons. The minimum atomic E-state index is -0.325. The van der Waals surface area contributed by atoms with Gasteiger partial charge in [-0.15, -0.1) is 0 Å². The molecule has 2 aromatic carbocycles. The van der Waals surface area contributed by atoms with Gasteiger partial charge >= 0.3 is 5.97 Å². The molecular formula is C28H32N6O3. The molecule has 0 aliphatic carbocycles.